The first-order chi connectivity index (χ1) is 14.8. The second-order valence-electron chi connectivity index (χ2n) is 8.16. The van der Waals surface area contributed by atoms with Crippen molar-refractivity contribution in [2.24, 2.45) is 0 Å². The van der Waals surface area contributed by atoms with E-state index in [4.69, 9.17) is 4.42 Å². The predicted molar refractivity (Wildman–Crippen MR) is 119 cm³/mol. The van der Waals surface area contributed by atoms with Crippen molar-refractivity contribution >= 4 is 21.7 Å². The fraction of sp³-hybridized carbons (Fsp3) is 0.154. The molecule has 0 saturated heterocycles. The molecule has 0 N–H and O–H groups in total. The maximum atomic E-state index is 5.65. The number of hydrogen-bond acceptors (Lipinski definition) is 4. The lowest BCUT2D eigenvalue weighted by atomic mass is 9.83. The first kappa shape index (κ1) is 17.4. The summed E-state index contributed by atoms with van der Waals surface area (Å²) in [4.78, 5) is 2.39. The Morgan fingerprint density at radius 2 is 1.90 bits per heavy atom. The SMILES string of the molecule is CN1Cc2cc(-c3nncc4ccccc34)ccc2C(c2ccc3ccoc3c2)C1. The minimum absolute atomic E-state index is 0.320. The number of fused-ring (bicyclic) bond motifs is 3. The van der Waals surface area contributed by atoms with Crippen LogP contribution in [0, 0.1) is 0 Å². The Hall–Kier alpha value is -3.50. The third-order valence-corrected chi connectivity index (χ3v) is 6.18. The fourth-order valence-corrected chi connectivity index (χ4v) is 4.71. The monoisotopic (exact) mass is 391 g/mol. The van der Waals surface area contributed by atoms with Crippen LogP contribution in [0.25, 0.3) is 33.0 Å². The summed E-state index contributed by atoms with van der Waals surface area (Å²) in [6.07, 6.45) is 3.58. The highest BCUT2D eigenvalue weighted by atomic mass is 16.3. The molecule has 1 atom stereocenters. The van der Waals surface area contributed by atoms with E-state index in [1.54, 1.807) is 6.26 Å². The van der Waals surface area contributed by atoms with Crippen molar-refractivity contribution in [1.82, 2.24) is 15.1 Å². The van der Waals surface area contributed by atoms with Crippen molar-refractivity contribution in [2.75, 3.05) is 13.6 Å². The minimum atomic E-state index is 0.320. The van der Waals surface area contributed by atoms with E-state index in [0.29, 0.717) is 5.92 Å². The van der Waals surface area contributed by atoms with Crippen molar-refractivity contribution in [3.63, 3.8) is 0 Å². The Kier molecular flexibility index (Phi) is 3.93. The number of benzene rings is 3. The van der Waals surface area contributed by atoms with Crippen LogP contribution in [0.4, 0.5) is 0 Å². The van der Waals surface area contributed by atoms with E-state index in [1.165, 1.54) is 16.7 Å². The molecule has 0 amide bonds. The Morgan fingerprint density at radius 1 is 0.967 bits per heavy atom. The Balaban J connectivity index is 1.47. The third-order valence-electron chi connectivity index (χ3n) is 6.18. The van der Waals surface area contributed by atoms with Crippen molar-refractivity contribution in [3.8, 4) is 11.3 Å². The molecule has 3 heterocycles. The molecule has 1 unspecified atom stereocenters. The number of furan rings is 1. The van der Waals surface area contributed by atoms with Gasteiger partial charge in [0.05, 0.1) is 12.5 Å². The molecule has 0 fully saturated rings. The molecule has 0 aliphatic carbocycles. The number of rotatable bonds is 2. The Labute approximate surface area is 174 Å². The van der Waals surface area contributed by atoms with Crippen molar-refractivity contribution in [1.29, 1.82) is 0 Å². The Bertz CT molecular complexity index is 1380. The molecule has 4 heteroatoms. The average molecular weight is 391 g/mol. The zero-order chi connectivity index (χ0) is 20.1. The van der Waals surface area contributed by atoms with Gasteiger partial charge in [-0.1, -0.05) is 48.5 Å². The number of aromatic nitrogens is 2. The summed E-state index contributed by atoms with van der Waals surface area (Å²) in [6, 6.07) is 23.6. The quantitative estimate of drug-likeness (QED) is 0.392. The van der Waals surface area contributed by atoms with Crippen molar-refractivity contribution in [3.05, 3.63) is 95.9 Å². The van der Waals surface area contributed by atoms with Crippen LogP contribution in [0.15, 0.2) is 83.6 Å². The Morgan fingerprint density at radius 3 is 2.87 bits per heavy atom. The van der Waals surface area contributed by atoms with Crippen molar-refractivity contribution in [2.45, 2.75) is 12.5 Å². The highest BCUT2D eigenvalue weighted by molar-refractivity contribution is 5.93. The minimum Gasteiger partial charge on any atom is -0.464 e. The van der Waals surface area contributed by atoms with Crippen LogP contribution in [0.3, 0.4) is 0 Å². The van der Waals surface area contributed by atoms with E-state index in [-0.39, 0.29) is 0 Å². The van der Waals surface area contributed by atoms with Gasteiger partial charge in [-0.3, -0.25) is 0 Å². The standard InChI is InChI=1S/C26H21N3O/c1-29-15-21-12-19(26-23-5-3-2-4-20(23)14-27-28-26)8-9-22(21)24(16-29)18-7-6-17-10-11-30-25(17)13-18/h2-14,24H,15-16H2,1H3. The average Bonchev–Trinajstić information content (AvgIpc) is 3.25. The summed E-state index contributed by atoms with van der Waals surface area (Å²) in [7, 11) is 2.19. The van der Waals surface area contributed by atoms with Crippen LogP contribution in [0.2, 0.25) is 0 Å². The van der Waals surface area contributed by atoms with Gasteiger partial charge in [0, 0.05) is 40.7 Å². The van der Waals surface area contributed by atoms with E-state index in [9.17, 15) is 0 Å². The van der Waals surface area contributed by atoms with Gasteiger partial charge in [0.2, 0.25) is 0 Å². The van der Waals surface area contributed by atoms with Gasteiger partial charge in [-0.05, 0) is 41.9 Å². The summed E-state index contributed by atoms with van der Waals surface area (Å²) in [5.41, 5.74) is 7.04. The van der Waals surface area contributed by atoms with Crippen LogP contribution in [0.1, 0.15) is 22.6 Å². The molecule has 6 rings (SSSR count). The fourth-order valence-electron chi connectivity index (χ4n) is 4.71. The normalized spacial score (nSPS) is 16.8. The summed E-state index contributed by atoms with van der Waals surface area (Å²) in [6.45, 7) is 1.92. The van der Waals surface area contributed by atoms with Crippen LogP contribution >= 0.6 is 0 Å². The molecule has 0 bridgehead atoms. The van der Waals surface area contributed by atoms with E-state index < -0.39 is 0 Å². The first-order valence-corrected chi connectivity index (χ1v) is 10.3. The largest absolute Gasteiger partial charge is 0.464 e. The molecule has 3 aromatic carbocycles. The van der Waals surface area contributed by atoms with E-state index in [2.05, 4.69) is 76.7 Å². The van der Waals surface area contributed by atoms with Gasteiger partial charge in [-0.25, -0.2) is 0 Å². The molecule has 0 radical (unpaired) electrons. The van der Waals surface area contributed by atoms with Crippen LogP contribution in [0.5, 0.6) is 0 Å². The first-order valence-electron chi connectivity index (χ1n) is 10.3. The highest BCUT2D eigenvalue weighted by Gasteiger charge is 2.26. The van der Waals surface area contributed by atoms with Gasteiger partial charge in [0.25, 0.3) is 0 Å². The van der Waals surface area contributed by atoms with Gasteiger partial charge in [0.15, 0.2) is 0 Å². The molecular weight excluding hydrogens is 370 g/mol. The van der Waals surface area contributed by atoms with E-state index in [0.717, 1.165) is 46.1 Å². The number of nitrogens with zero attached hydrogens (tertiary/aromatic N) is 3. The van der Waals surface area contributed by atoms with Gasteiger partial charge in [0.1, 0.15) is 11.3 Å². The zero-order valence-electron chi connectivity index (χ0n) is 16.7. The lowest BCUT2D eigenvalue weighted by Gasteiger charge is -2.33. The van der Waals surface area contributed by atoms with E-state index >= 15 is 0 Å². The lowest BCUT2D eigenvalue weighted by Crippen LogP contribution is -2.31. The van der Waals surface area contributed by atoms with Crippen LogP contribution in [-0.2, 0) is 6.54 Å². The van der Waals surface area contributed by atoms with Crippen LogP contribution in [-0.4, -0.2) is 28.7 Å². The molecule has 4 nitrogen and oxygen atoms in total. The summed E-state index contributed by atoms with van der Waals surface area (Å²) < 4.78 is 5.65. The molecule has 0 spiro atoms. The van der Waals surface area contributed by atoms with Gasteiger partial charge >= 0.3 is 0 Å². The molecule has 146 valence electrons. The number of likely N-dealkylation sites (N-methyl/N-ethyl adjacent to an activating group) is 1. The summed E-state index contributed by atoms with van der Waals surface area (Å²) >= 11 is 0. The highest BCUT2D eigenvalue weighted by Crippen LogP contribution is 2.37. The maximum Gasteiger partial charge on any atom is 0.134 e. The molecular formula is C26H21N3O. The molecule has 1 aliphatic heterocycles. The van der Waals surface area contributed by atoms with E-state index in [1.807, 2.05) is 18.3 Å². The summed E-state index contributed by atoms with van der Waals surface area (Å²) in [5, 5.41) is 12.1. The predicted octanol–water partition coefficient (Wildman–Crippen LogP) is 5.62. The summed E-state index contributed by atoms with van der Waals surface area (Å²) in [5.74, 6) is 0.320. The lowest BCUT2D eigenvalue weighted by molar-refractivity contribution is 0.295. The van der Waals surface area contributed by atoms with Gasteiger partial charge in [-0.15, -0.1) is 5.10 Å². The molecule has 5 aromatic rings. The number of hydrogen-bond donors (Lipinski definition) is 0. The van der Waals surface area contributed by atoms with Crippen LogP contribution < -0.4 is 0 Å². The smallest absolute Gasteiger partial charge is 0.134 e. The second-order valence-corrected chi connectivity index (χ2v) is 8.16. The van der Waals surface area contributed by atoms with Gasteiger partial charge < -0.3 is 9.32 Å². The van der Waals surface area contributed by atoms with Gasteiger partial charge in [-0.2, -0.15) is 5.10 Å². The van der Waals surface area contributed by atoms with Crippen molar-refractivity contribution < 1.29 is 4.42 Å². The zero-order valence-corrected chi connectivity index (χ0v) is 16.7. The third kappa shape index (κ3) is 2.80. The molecule has 2 aromatic heterocycles. The molecule has 0 saturated carbocycles. The molecule has 30 heavy (non-hydrogen) atoms. The second kappa shape index (κ2) is 6.78. The maximum absolute atomic E-state index is 5.65. The molecule has 1 aliphatic rings. The topological polar surface area (TPSA) is 42.2 Å².